The van der Waals surface area contributed by atoms with Crippen LogP contribution < -0.4 is 9.47 Å². The fraction of sp³-hybridized carbons (Fsp3) is 0.500. The van der Waals surface area contributed by atoms with Crippen LogP contribution in [0.1, 0.15) is 25.7 Å². The largest absolute Gasteiger partial charge is 0.491 e. The highest BCUT2D eigenvalue weighted by Crippen LogP contribution is 2.36. The molecule has 82 valence electrons. The summed E-state index contributed by atoms with van der Waals surface area (Å²) < 4.78 is 11.1. The molecule has 0 aromatic heterocycles. The molecule has 0 radical (unpaired) electrons. The van der Waals surface area contributed by atoms with Crippen molar-refractivity contribution in [3.63, 3.8) is 0 Å². The summed E-state index contributed by atoms with van der Waals surface area (Å²) in [5.41, 5.74) is 0. The molecule has 1 saturated carbocycles. The third-order valence-corrected chi connectivity index (χ3v) is 3.03. The third kappa shape index (κ3) is 2.37. The number of hydrogen-bond donors (Lipinski definition) is 0. The van der Waals surface area contributed by atoms with E-state index in [0.29, 0.717) is 16.9 Å². The summed E-state index contributed by atoms with van der Waals surface area (Å²) in [6.45, 7) is 0. The number of ether oxygens (including phenoxy) is 2. The normalized spacial score (nSPS) is 16.7. The van der Waals surface area contributed by atoms with Gasteiger partial charge >= 0.3 is 0 Å². The molecule has 1 aromatic rings. The van der Waals surface area contributed by atoms with Gasteiger partial charge in [0.25, 0.3) is 0 Å². The smallest absolute Gasteiger partial charge is 0.179 e. The van der Waals surface area contributed by atoms with Gasteiger partial charge in [0.2, 0.25) is 0 Å². The minimum Gasteiger partial charge on any atom is -0.491 e. The molecular weight excluding hydrogens is 212 g/mol. The Labute approximate surface area is 95.1 Å². The highest BCUT2D eigenvalue weighted by atomic mass is 35.5. The van der Waals surface area contributed by atoms with Crippen molar-refractivity contribution in [3.8, 4) is 11.5 Å². The Morgan fingerprint density at radius 1 is 1.27 bits per heavy atom. The van der Waals surface area contributed by atoms with Crippen LogP contribution in [0.25, 0.3) is 0 Å². The minimum absolute atomic E-state index is 0.331. The Balaban J connectivity index is 2.15. The molecule has 0 unspecified atom stereocenters. The van der Waals surface area contributed by atoms with Crippen molar-refractivity contribution >= 4 is 11.6 Å². The first-order valence-electron chi connectivity index (χ1n) is 5.30. The van der Waals surface area contributed by atoms with E-state index in [1.807, 2.05) is 18.2 Å². The molecule has 1 aliphatic rings. The second-order valence-electron chi connectivity index (χ2n) is 3.80. The number of hydrogen-bond acceptors (Lipinski definition) is 2. The Bertz CT molecular complexity index is 332. The van der Waals surface area contributed by atoms with Gasteiger partial charge in [0.05, 0.1) is 18.2 Å². The Morgan fingerprint density at radius 2 is 2.00 bits per heavy atom. The molecule has 15 heavy (non-hydrogen) atoms. The van der Waals surface area contributed by atoms with Gasteiger partial charge in [-0.2, -0.15) is 0 Å². The van der Waals surface area contributed by atoms with Crippen LogP contribution in [0.15, 0.2) is 18.2 Å². The fourth-order valence-electron chi connectivity index (χ4n) is 1.97. The highest BCUT2D eigenvalue weighted by molar-refractivity contribution is 6.32. The number of rotatable bonds is 3. The molecule has 3 heteroatoms. The summed E-state index contributed by atoms with van der Waals surface area (Å²) >= 11 is 6.01. The zero-order valence-electron chi connectivity index (χ0n) is 8.83. The monoisotopic (exact) mass is 226 g/mol. The van der Waals surface area contributed by atoms with Crippen LogP contribution in [-0.4, -0.2) is 13.2 Å². The van der Waals surface area contributed by atoms with Gasteiger partial charge in [-0.05, 0) is 37.8 Å². The van der Waals surface area contributed by atoms with Crippen LogP contribution in [0.3, 0.4) is 0 Å². The lowest BCUT2D eigenvalue weighted by Gasteiger charge is -2.16. The Kier molecular flexibility index (Phi) is 3.37. The maximum absolute atomic E-state index is 6.01. The lowest BCUT2D eigenvalue weighted by molar-refractivity contribution is 0.201. The van der Waals surface area contributed by atoms with E-state index in [9.17, 15) is 0 Å². The van der Waals surface area contributed by atoms with Crippen molar-refractivity contribution in [2.75, 3.05) is 7.11 Å². The maximum atomic E-state index is 6.01. The van der Waals surface area contributed by atoms with Gasteiger partial charge in [-0.1, -0.05) is 17.7 Å². The summed E-state index contributed by atoms with van der Waals surface area (Å²) in [5.74, 6) is 1.41. The summed E-state index contributed by atoms with van der Waals surface area (Å²) in [6, 6.07) is 5.60. The summed E-state index contributed by atoms with van der Waals surface area (Å²) in [7, 11) is 1.61. The Morgan fingerprint density at radius 3 is 2.67 bits per heavy atom. The minimum atomic E-state index is 0.331. The van der Waals surface area contributed by atoms with Crippen molar-refractivity contribution in [2.24, 2.45) is 0 Å². The molecule has 0 aliphatic heterocycles. The van der Waals surface area contributed by atoms with E-state index in [1.165, 1.54) is 12.8 Å². The van der Waals surface area contributed by atoms with E-state index in [4.69, 9.17) is 21.1 Å². The highest BCUT2D eigenvalue weighted by Gasteiger charge is 2.18. The molecule has 1 aromatic carbocycles. The molecule has 1 aliphatic carbocycles. The second kappa shape index (κ2) is 4.75. The van der Waals surface area contributed by atoms with Gasteiger partial charge in [0, 0.05) is 0 Å². The van der Waals surface area contributed by atoms with Crippen molar-refractivity contribution in [2.45, 2.75) is 31.8 Å². The van der Waals surface area contributed by atoms with Crippen molar-refractivity contribution in [1.82, 2.24) is 0 Å². The number of halogens is 1. The predicted octanol–water partition coefficient (Wildman–Crippen LogP) is 3.67. The van der Waals surface area contributed by atoms with Gasteiger partial charge in [-0.25, -0.2) is 0 Å². The lowest BCUT2D eigenvalue weighted by atomic mass is 10.3. The van der Waals surface area contributed by atoms with Crippen LogP contribution in [0.5, 0.6) is 11.5 Å². The second-order valence-corrected chi connectivity index (χ2v) is 4.20. The van der Waals surface area contributed by atoms with Gasteiger partial charge in [0.15, 0.2) is 11.5 Å². The quantitative estimate of drug-likeness (QED) is 0.783. The molecule has 0 atom stereocenters. The van der Waals surface area contributed by atoms with Crippen molar-refractivity contribution in [1.29, 1.82) is 0 Å². The molecule has 0 bridgehead atoms. The van der Waals surface area contributed by atoms with Crippen molar-refractivity contribution < 1.29 is 9.47 Å². The zero-order chi connectivity index (χ0) is 10.7. The molecule has 0 saturated heterocycles. The maximum Gasteiger partial charge on any atom is 0.179 e. The van der Waals surface area contributed by atoms with Crippen LogP contribution in [-0.2, 0) is 0 Å². The van der Waals surface area contributed by atoms with E-state index in [1.54, 1.807) is 7.11 Å². The Hall–Kier alpha value is -0.890. The van der Waals surface area contributed by atoms with E-state index < -0.39 is 0 Å². The molecule has 1 fully saturated rings. The molecule has 2 nitrogen and oxygen atoms in total. The molecule has 0 spiro atoms. The average molecular weight is 227 g/mol. The molecule has 0 amide bonds. The van der Waals surface area contributed by atoms with E-state index in [0.717, 1.165) is 18.6 Å². The molecule has 2 rings (SSSR count). The summed E-state index contributed by atoms with van der Waals surface area (Å²) in [6.07, 6.45) is 5.12. The first-order chi connectivity index (χ1) is 7.31. The number of methoxy groups -OCH3 is 1. The molecule has 0 N–H and O–H groups in total. The SMILES string of the molecule is COc1c(Cl)cccc1OC1CCCC1. The van der Waals surface area contributed by atoms with Crippen LogP contribution in [0.2, 0.25) is 5.02 Å². The van der Waals surface area contributed by atoms with E-state index >= 15 is 0 Å². The average Bonchev–Trinajstić information content (AvgIpc) is 2.71. The predicted molar refractivity (Wildman–Crippen MR) is 60.9 cm³/mol. The third-order valence-electron chi connectivity index (χ3n) is 2.73. The van der Waals surface area contributed by atoms with Gasteiger partial charge in [-0.15, -0.1) is 0 Å². The molecular formula is C12H15ClO2. The standard InChI is InChI=1S/C12H15ClO2/c1-14-12-10(13)7-4-8-11(12)15-9-5-2-3-6-9/h4,7-9H,2-3,5-6H2,1H3. The van der Waals surface area contributed by atoms with Gasteiger partial charge < -0.3 is 9.47 Å². The zero-order valence-corrected chi connectivity index (χ0v) is 9.59. The summed E-state index contributed by atoms with van der Waals surface area (Å²) in [5, 5.41) is 0.605. The van der Waals surface area contributed by atoms with Gasteiger partial charge in [-0.3, -0.25) is 0 Å². The van der Waals surface area contributed by atoms with E-state index in [-0.39, 0.29) is 0 Å². The molecule has 0 heterocycles. The van der Waals surface area contributed by atoms with Crippen LogP contribution >= 0.6 is 11.6 Å². The first-order valence-corrected chi connectivity index (χ1v) is 5.68. The van der Waals surface area contributed by atoms with Crippen LogP contribution in [0.4, 0.5) is 0 Å². The fourth-order valence-corrected chi connectivity index (χ4v) is 2.21. The van der Waals surface area contributed by atoms with Gasteiger partial charge in [0.1, 0.15) is 0 Å². The number of benzene rings is 1. The first kappa shape index (κ1) is 10.6. The number of para-hydroxylation sites is 1. The van der Waals surface area contributed by atoms with E-state index in [2.05, 4.69) is 0 Å². The summed E-state index contributed by atoms with van der Waals surface area (Å²) in [4.78, 5) is 0. The van der Waals surface area contributed by atoms with Crippen molar-refractivity contribution in [3.05, 3.63) is 23.2 Å². The van der Waals surface area contributed by atoms with Crippen LogP contribution in [0, 0.1) is 0 Å². The topological polar surface area (TPSA) is 18.5 Å². The lowest BCUT2D eigenvalue weighted by Crippen LogP contribution is -2.11.